The van der Waals surface area contributed by atoms with Gasteiger partial charge in [-0.05, 0) is 64.4 Å². The van der Waals surface area contributed by atoms with Gasteiger partial charge in [0.1, 0.15) is 0 Å². The number of hydrogen-bond donors (Lipinski definition) is 2. The van der Waals surface area contributed by atoms with E-state index < -0.39 is 12.1 Å². The van der Waals surface area contributed by atoms with Crippen LogP contribution >= 0.6 is 0 Å². The highest BCUT2D eigenvalue weighted by Crippen LogP contribution is 2.41. The summed E-state index contributed by atoms with van der Waals surface area (Å²) in [5.74, 6) is -0.954. The van der Waals surface area contributed by atoms with E-state index in [1.807, 2.05) is 20.2 Å². The van der Waals surface area contributed by atoms with E-state index in [1.54, 1.807) is 30.3 Å². The van der Waals surface area contributed by atoms with Crippen molar-refractivity contribution in [2.45, 2.75) is 39.2 Å². The Morgan fingerprint density at radius 1 is 0.970 bits per heavy atom. The number of aromatic carboxylic acids is 1. The molecule has 0 spiro atoms. The highest BCUT2D eigenvalue weighted by atomic mass is 16.4. The van der Waals surface area contributed by atoms with Gasteiger partial charge in [0.25, 0.3) is 0 Å². The highest BCUT2D eigenvalue weighted by Gasteiger charge is 2.25. The fourth-order valence-electron chi connectivity index (χ4n) is 3.97. The smallest absolute Gasteiger partial charge is 0.335 e. The van der Waals surface area contributed by atoms with Gasteiger partial charge in [-0.2, -0.15) is 0 Å². The summed E-state index contributed by atoms with van der Waals surface area (Å²) in [6, 6.07) is 19.2. The van der Waals surface area contributed by atoms with Gasteiger partial charge in [-0.3, -0.25) is 0 Å². The number of aliphatic hydroxyl groups is 1. The maximum atomic E-state index is 11.1. The van der Waals surface area contributed by atoms with Crippen LogP contribution in [0.4, 0.5) is 5.69 Å². The molecule has 0 saturated heterocycles. The first-order chi connectivity index (χ1) is 15.5. The lowest BCUT2D eigenvalue weighted by Gasteiger charge is -2.31. The van der Waals surface area contributed by atoms with Gasteiger partial charge in [0.05, 0.1) is 11.7 Å². The van der Waals surface area contributed by atoms with E-state index in [0.29, 0.717) is 0 Å². The highest BCUT2D eigenvalue weighted by molar-refractivity contribution is 5.87. The van der Waals surface area contributed by atoms with Gasteiger partial charge in [-0.1, -0.05) is 74.9 Å². The minimum atomic E-state index is -0.954. The number of hydrogen-bond acceptors (Lipinski definition) is 3. The molecular weight excluding hydrogens is 410 g/mol. The Morgan fingerprint density at radius 2 is 1.58 bits per heavy atom. The lowest BCUT2D eigenvalue weighted by Crippen LogP contribution is -2.21. The molecule has 0 radical (unpaired) electrons. The summed E-state index contributed by atoms with van der Waals surface area (Å²) in [7, 11) is 4.05. The van der Waals surface area contributed by atoms with Crippen molar-refractivity contribution in [3.05, 3.63) is 94.6 Å². The van der Waals surface area contributed by atoms with Crippen LogP contribution in [0.2, 0.25) is 0 Å². The molecule has 0 aromatic heterocycles. The first kappa shape index (κ1) is 24.3. The van der Waals surface area contributed by atoms with E-state index in [9.17, 15) is 9.90 Å². The Kier molecular flexibility index (Phi) is 7.09. The quantitative estimate of drug-likeness (QED) is 0.458. The Labute approximate surface area is 196 Å². The Bertz CT molecular complexity index is 1150. The summed E-state index contributed by atoms with van der Waals surface area (Å²) in [4.78, 5) is 13.2. The molecule has 0 aliphatic rings. The number of rotatable bonds is 6. The molecule has 3 aromatic rings. The van der Waals surface area contributed by atoms with Crippen LogP contribution in [0.15, 0.2) is 66.7 Å². The summed E-state index contributed by atoms with van der Waals surface area (Å²) in [6.45, 7) is 8.71. The van der Waals surface area contributed by atoms with Gasteiger partial charge in [0.2, 0.25) is 0 Å². The minimum Gasteiger partial charge on any atom is -0.478 e. The summed E-state index contributed by atoms with van der Waals surface area (Å²) >= 11 is 0. The fourth-order valence-corrected chi connectivity index (χ4v) is 3.97. The number of carboxylic acid groups (broad SMARTS) is 1. The third-order valence-electron chi connectivity index (χ3n) is 5.70. The second-order valence-electron chi connectivity index (χ2n) is 9.70. The van der Waals surface area contributed by atoms with Crippen LogP contribution in [0.25, 0.3) is 17.2 Å². The van der Waals surface area contributed by atoms with Crippen LogP contribution in [0.3, 0.4) is 0 Å². The summed E-state index contributed by atoms with van der Waals surface area (Å²) in [6.07, 6.45) is 2.75. The SMILES string of the molecule is Cc1ccc(-c2cc(C(O)/C=C/c3ccc(C(=O)O)cc3)cc(N(C)C)c2C(C)(C)C)cc1. The average molecular weight is 444 g/mol. The van der Waals surface area contributed by atoms with Crippen molar-refractivity contribution < 1.29 is 15.0 Å². The van der Waals surface area contributed by atoms with Crippen LogP contribution in [0.1, 0.15) is 59.5 Å². The summed E-state index contributed by atoms with van der Waals surface area (Å²) in [5.41, 5.74) is 7.54. The molecule has 0 amide bonds. The van der Waals surface area contributed by atoms with Crippen LogP contribution in [-0.2, 0) is 5.41 Å². The molecule has 0 heterocycles. The van der Waals surface area contributed by atoms with Gasteiger partial charge in [0.15, 0.2) is 0 Å². The van der Waals surface area contributed by atoms with E-state index in [4.69, 9.17) is 5.11 Å². The van der Waals surface area contributed by atoms with Crippen LogP contribution in [0.5, 0.6) is 0 Å². The Hall–Kier alpha value is -3.37. The molecule has 0 saturated carbocycles. The summed E-state index contributed by atoms with van der Waals surface area (Å²) in [5, 5.41) is 20.1. The zero-order valence-corrected chi connectivity index (χ0v) is 20.3. The van der Waals surface area contributed by atoms with Crippen molar-refractivity contribution in [3.8, 4) is 11.1 Å². The normalized spacial score (nSPS) is 12.7. The minimum absolute atomic E-state index is 0.0922. The monoisotopic (exact) mass is 443 g/mol. The first-order valence-corrected chi connectivity index (χ1v) is 11.1. The molecule has 1 atom stereocenters. The predicted molar refractivity (Wildman–Crippen MR) is 137 cm³/mol. The number of carbonyl (C=O) groups is 1. The number of aliphatic hydroxyl groups excluding tert-OH is 1. The van der Waals surface area contributed by atoms with E-state index in [2.05, 4.69) is 69.0 Å². The fraction of sp³-hybridized carbons (Fsp3) is 0.276. The Morgan fingerprint density at radius 3 is 2.09 bits per heavy atom. The van der Waals surface area contributed by atoms with E-state index >= 15 is 0 Å². The van der Waals surface area contributed by atoms with Crippen LogP contribution < -0.4 is 4.90 Å². The maximum Gasteiger partial charge on any atom is 0.335 e. The maximum absolute atomic E-state index is 11.1. The number of carboxylic acids is 1. The number of anilines is 1. The second kappa shape index (κ2) is 9.63. The molecule has 3 aromatic carbocycles. The third kappa shape index (κ3) is 5.71. The molecule has 4 nitrogen and oxygen atoms in total. The predicted octanol–water partition coefficient (Wildman–Crippen LogP) is 6.47. The number of nitrogens with zero attached hydrogens (tertiary/aromatic N) is 1. The largest absolute Gasteiger partial charge is 0.478 e. The second-order valence-corrected chi connectivity index (χ2v) is 9.70. The first-order valence-electron chi connectivity index (χ1n) is 11.1. The molecule has 3 rings (SSSR count). The van der Waals surface area contributed by atoms with Crippen molar-refractivity contribution in [1.29, 1.82) is 0 Å². The van der Waals surface area contributed by atoms with Gasteiger partial charge in [0, 0.05) is 19.8 Å². The van der Waals surface area contributed by atoms with Gasteiger partial charge >= 0.3 is 5.97 Å². The lowest BCUT2D eigenvalue weighted by atomic mass is 9.79. The lowest BCUT2D eigenvalue weighted by molar-refractivity contribution is 0.0697. The van der Waals surface area contributed by atoms with E-state index in [1.165, 1.54) is 11.1 Å². The molecule has 0 aliphatic carbocycles. The molecule has 172 valence electrons. The van der Waals surface area contributed by atoms with Crippen molar-refractivity contribution >= 4 is 17.7 Å². The molecule has 33 heavy (non-hydrogen) atoms. The summed E-state index contributed by atoms with van der Waals surface area (Å²) < 4.78 is 0. The van der Waals surface area contributed by atoms with Crippen molar-refractivity contribution in [2.24, 2.45) is 0 Å². The van der Waals surface area contributed by atoms with Crippen molar-refractivity contribution in [2.75, 3.05) is 19.0 Å². The number of aryl methyl sites for hydroxylation is 1. The topological polar surface area (TPSA) is 60.8 Å². The average Bonchev–Trinajstić information content (AvgIpc) is 2.76. The van der Waals surface area contributed by atoms with Crippen molar-refractivity contribution in [1.82, 2.24) is 0 Å². The van der Waals surface area contributed by atoms with Gasteiger partial charge < -0.3 is 15.1 Å². The van der Waals surface area contributed by atoms with Gasteiger partial charge in [-0.25, -0.2) is 4.79 Å². The third-order valence-corrected chi connectivity index (χ3v) is 5.70. The molecule has 4 heteroatoms. The Balaban J connectivity index is 2.07. The molecule has 2 N–H and O–H groups in total. The van der Waals surface area contributed by atoms with Crippen LogP contribution in [0, 0.1) is 6.92 Å². The standard InChI is InChI=1S/C29H33NO3/c1-19-7-12-21(13-8-19)24-17-23(18-25(30(5)6)27(24)29(2,3)4)26(31)16-11-20-9-14-22(15-10-20)28(32)33/h7-18,26,31H,1-6H3,(H,32,33)/b16-11+. The molecule has 1 unspecified atom stereocenters. The zero-order chi connectivity index (χ0) is 24.3. The number of benzene rings is 3. The molecule has 0 bridgehead atoms. The van der Waals surface area contributed by atoms with Crippen LogP contribution in [-0.4, -0.2) is 30.3 Å². The molecule has 0 fully saturated rings. The van der Waals surface area contributed by atoms with Gasteiger partial charge in [-0.15, -0.1) is 0 Å². The van der Waals surface area contributed by atoms with E-state index in [0.717, 1.165) is 27.9 Å². The van der Waals surface area contributed by atoms with E-state index in [-0.39, 0.29) is 11.0 Å². The molecular formula is C29H33NO3. The van der Waals surface area contributed by atoms with Crippen molar-refractivity contribution in [3.63, 3.8) is 0 Å². The zero-order valence-electron chi connectivity index (χ0n) is 20.3. The molecule has 0 aliphatic heterocycles.